The summed E-state index contributed by atoms with van der Waals surface area (Å²) in [6.45, 7) is 0. The molecule has 0 spiro atoms. The molecule has 4 aromatic carbocycles. The lowest BCUT2D eigenvalue weighted by Gasteiger charge is -2.12. The van der Waals surface area contributed by atoms with Gasteiger partial charge in [-0.1, -0.05) is 91.0 Å². The number of phenols is 1. The van der Waals surface area contributed by atoms with E-state index in [1.54, 1.807) is 0 Å². The molecular weight excluding hydrogens is 292 g/mol. The molecule has 0 aromatic heterocycles. The van der Waals surface area contributed by atoms with Crippen molar-refractivity contribution in [1.82, 2.24) is 0 Å². The Balaban J connectivity index is 1.89. The van der Waals surface area contributed by atoms with Gasteiger partial charge in [-0.3, -0.25) is 0 Å². The highest BCUT2D eigenvalue weighted by Crippen LogP contribution is 2.37. The molecule has 0 saturated carbocycles. The molecule has 0 unspecified atom stereocenters. The van der Waals surface area contributed by atoms with Crippen LogP contribution in [0.4, 0.5) is 0 Å². The van der Waals surface area contributed by atoms with Gasteiger partial charge in [0, 0.05) is 11.8 Å². The van der Waals surface area contributed by atoms with Gasteiger partial charge in [0.2, 0.25) is 0 Å². The van der Waals surface area contributed by atoms with E-state index >= 15 is 0 Å². The van der Waals surface area contributed by atoms with Crippen LogP contribution >= 0.6 is 0 Å². The highest BCUT2D eigenvalue weighted by molar-refractivity contribution is 6.01. The average molecular weight is 310 g/mol. The highest BCUT2D eigenvalue weighted by Gasteiger charge is 2.12. The minimum absolute atomic E-state index is 0.385. The summed E-state index contributed by atoms with van der Waals surface area (Å²) in [5, 5.41) is 12.9. The fourth-order valence-electron chi connectivity index (χ4n) is 3.22. The molecule has 0 heterocycles. The number of aromatic hydroxyl groups is 1. The van der Waals surface area contributed by atoms with Gasteiger partial charge in [0.05, 0.1) is 0 Å². The van der Waals surface area contributed by atoms with Gasteiger partial charge in [0.1, 0.15) is 5.75 Å². The second kappa shape index (κ2) is 6.21. The summed E-state index contributed by atoms with van der Waals surface area (Å²) >= 11 is 0. The van der Waals surface area contributed by atoms with Gasteiger partial charge in [0.15, 0.2) is 0 Å². The maximum Gasteiger partial charge on any atom is 0.127 e. The number of hydrogen-bond donors (Lipinski definition) is 1. The topological polar surface area (TPSA) is 20.2 Å². The average Bonchev–Trinajstić information content (AvgIpc) is 2.65. The zero-order valence-corrected chi connectivity index (χ0v) is 13.3. The Morgan fingerprint density at radius 3 is 2.08 bits per heavy atom. The molecule has 0 amide bonds. The molecule has 4 rings (SSSR count). The molecule has 1 heteroatoms. The standard InChI is InChI=1S/C23H18O/c24-23-20(16-17-8-3-1-4-9-17)15-14-19-12-7-13-21(22(19)23)18-10-5-2-6-11-18/h1-15,24H,16H2. The first-order valence-corrected chi connectivity index (χ1v) is 8.16. The van der Waals surface area contributed by atoms with Crippen molar-refractivity contribution in [3.05, 3.63) is 102 Å². The van der Waals surface area contributed by atoms with Gasteiger partial charge in [-0.15, -0.1) is 0 Å². The van der Waals surface area contributed by atoms with E-state index in [9.17, 15) is 5.11 Å². The summed E-state index contributed by atoms with van der Waals surface area (Å²) in [5.74, 6) is 0.385. The van der Waals surface area contributed by atoms with E-state index in [-0.39, 0.29) is 0 Å². The molecule has 0 bridgehead atoms. The van der Waals surface area contributed by atoms with Crippen LogP contribution in [0.2, 0.25) is 0 Å². The minimum Gasteiger partial charge on any atom is -0.507 e. The van der Waals surface area contributed by atoms with Crippen molar-refractivity contribution < 1.29 is 5.11 Å². The molecule has 116 valence electrons. The molecule has 0 aliphatic rings. The van der Waals surface area contributed by atoms with E-state index in [0.29, 0.717) is 5.75 Å². The van der Waals surface area contributed by atoms with E-state index in [1.807, 2.05) is 54.6 Å². The predicted octanol–water partition coefficient (Wildman–Crippen LogP) is 5.80. The summed E-state index contributed by atoms with van der Waals surface area (Å²) in [7, 11) is 0. The van der Waals surface area contributed by atoms with Gasteiger partial charge in [0.25, 0.3) is 0 Å². The van der Waals surface area contributed by atoms with Gasteiger partial charge in [-0.25, -0.2) is 0 Å². The van der Waals surface area contributed by atoms with E-state index in [1.165, 1.54) is 5.56 Å². The van der Waals surface area contributed by atoms with Gasteiger partial charge >= 0.3 is 0 Å². The minimum atomic E-state index is 0.385. The van der Waals surface area contributed by atoms with Crippen LogP contribution < -0.4 is 0 Å². The van der Waals surface area contributed by atoms with Crippen LogP contribution in [0.1, 0.15) is 11.1 Å². The summed E-state index contributed by atoms with van der Waals surface area (Å²) in [5.41, 5.74) is 4.34. The molecule has 1 nitrogen and oxygen atoms in total. The summed E-state index contributed by atoms with van der Waals surface area (Å²) in [6, 6.07) is 30.8. The van der Waals surface area contributed by atoms with Crippen LogP contribution in [0.5, 0.6) is 5.75 Å². The normalized spacial score (nSPS) is 10.8. The predicted molar refractivity (Wildman–Crippen MR) is 100 cm³/mol. The molecule has 0 aliphatic carbocycles. The number of rotatable bonds is 3. The van der Waals surface area contributed by atoms with Crippen molar-refractivity contribution in [3.8, 4) is 16.9 Å². The third-order valence-electron chi connectivity index (χ3n) is 4.42. The second-order valence-electron chi connectivity index (χ2n) is 6.01. The second-order valence-corrected chi connectivity index (χ2v) is 6.01. The summed E-state index contributed by atoms with van der Waals surface area (Å²) in [4.78, 5) is 0. The van der Waals surface area contributed by atoms with Gasteiger partial charge < -0.3 is 5.11 Å². The van der Waals surface area contributed by atoms with E-state index < -0.39 is 0 Å². The molecular formula is C23H18O. The Morgan fingerprint density at radius 1 is 0.625 bits per heavy atom. The lowest BCUT2D eigenvalue weighted by molar-refractivity contribution is 0.476. The Bertz CT molecular complexity index is 973. The van der Waals surface area contributed by atoms with Crippen LogP contribution in [0, 0.1) is 0 Å². The third kappa shape index (κ3) is 2.65. The molecule has 0 atom stereocenters. The first kappa shape index (κ1) is 14.5. The molecule has 0 aliphatic heterocycles. The Morgan fingerprint density at radius 2 is 1.33 bits per heavy atom. The quantitative estimate of drug-likeness (QED) is 0.507. The summed E-state index contributed by atoms with van der Waals surface area (Å²) < 4.78 is 0. The molecule has 0 saturated heterocycles. The van der Waals surface area contributed by atoms with Crippen molar-refractivity contribution in [3.63, 3.8) is 0 Å². The van der Waals surface area contributed by atoms with Crippen molar-refractivity contribution in [2.24, 2.45) is 0 Å². The molecule has 0 radical (unpaired) electrons. The van der Waals surface area contributed by atoms with Crippen LogP contribution in [0.15, 0.2) is 91.0 Å². The highest BCUT2D eigenvalue weighted by atomic mass is 16.3. The molecule has 1 N–H and O–H groups in total. The van der Waals surface area contributed by atoms with E-state index in [4.69, 9.17) is 0 Å². The fourth-order valence-corrected chi connectivity index (χ4v) is 3.22. The van der Waals surface area contributed by atoms with Crippen LogP contribution in [-0.4, -0.2) is 5.11 Å². The van der Waals surface area contributed by atoms with Crippen molar-refractivity contribution in [2.75, 3.05) is 0 Å². The first-order valence-electron chi connectivity index (χ1n) is 8.16. The van der Waals surface area contributed by atoms with Gasteiger partial charge in [-0.05, 0) is 27.6 Å². The molecule has 0 fully saturated rings. The zero-order valence-electron chi connectivity index (χ0n) is 13.3. The van der Waals surface area contributed by atoms with Crippen LogP contribution in [0.3, 0.4) is 0 Å². The number of benzene rings is 4. The fraction of sp³-hybridized carbons (Fsp3) is 0.0435. The Kier molecular flexibility index (Phi) is 3.76. The summed E-state index contributed by atoms with van der Waals surface area (Å²) in [6.07, 6.45) is 0.728. The van der Waals surface area contributed by atoms with E-state index in [0.717, 1.165) is 33.9 Å². The van der Waals surface area contributed by atoms with Crippen molar-refractivity contribution in [1.29, 1.82) is 0 Å². The van der Waals surface area contributed by atoms with Gasteiger partial charge in [-0.2, -0.15) is 0 Å². The SMILES string of the molecule is Oc1c(Cc2ccccc2)ccc2cccc(-c3ccccc3)c12. The smallest absolute Gasteiger partial charge is 0.127 e. The maximum absolute atomic E-state index is 11.0. The number of hydrogen-bond acceptors (Lipinski definition) is 1. The monoisotopic (exact) mass is 310 g/mol. The lowest BCUT2D eigenvalue weighted by Crippen LogP contribution is -1.91. The molecule has 4 aromatic rings. The Hall–Kier alpha value is -3.06. The first-order chi connectivity index (χ1) is 11.8. The zero-order chi connectivity index (χ0) is 16.4. The van der Waals surface area contributed by atoms with Crippen LogP contribution in [0.25, 0.3) is 21.9 Å². The number of fused-ring (bicyclic) bond motifs is 1. The van der Waals surface area contributed by atoms with E-state index in [2.05, 4.69) is 36.4 Å². The van der Waals surface area contributed by atoms with Crippen molar-refractivity contribution in [2.45, 2.75) is 6.42 Å². The third-order valence-corrected chi connectivity index (χ3v) is 4.42. The van der Waals surface area contributed by atoms with Crippen LogP contribution in [-0.2, 0) is 6.42 Å². The largest absolute Gasteiger partial charge is 0.507 e. The Labute approximate surface area is 141 Å². The number of phenolic OH excluding ortho intramolecular Hbond substituents is 1. The van der Waals surface area contributed by atoms with Crippen molar-refractivity contribution >= 4 is 10.8 Å². The maximum atomic E-state index is 11.0. The molecule has 24 heavy (non-hydrogen) atoms. The lowest BCUT2D eigenvalue weighted by atomic mass is 9.94.